The first kappa shape index (κ1) is 24.1. The fourth-order valence-corrected chi connectivity index (χ4v) is 2.65. The van der Waals surface area contributed by atoms with Crippen molar-refractivity contribution in [2.45, 2.75) is 31.7 Å². The molecule has 2 atom stereocenters. The molecule has 5 N–H and O–H groups in total. The lowest BCUT2D eigenvalue weighted by atomic mass is 9.92. The van der Waals surface area contributed by atoms with Crippen LogP contribution in [-0.4, -0.2) is 66.4 Å². The molecule has 0 saturated carbocycles. The Balaban J connectivity index is 2.95. The largest absolute Gasteiger partial charge is 0.479 e. The minimum atomic E-state index is -2.25. The Morgan fingerprint density at radius 1 is 1.21 bits per heavy atom. The molecule has 0 aliphatic heterocycles. The van der Waals surface area contributed by atoms with Gasteiger partial charge in [-0.3, -0.25) is 14.4 Å². The highest BCUT2D eigenvalue weighted by atomic mass is 16.4. The summed E-state index contributed by atoms with van der Waals surface area (Å²) in [5.74, 6) is -4.49. The van der Waals surface area contributed by atoms with Gasteiger partial charge >= 0.3 is 5.97 Å². The molecule has 0 fully saturated rings. The molecule has 3 amide bonds. The van der Waals surface area contributed by atoms with Crippen LogP contribution in [0, 0.1) is 5.92 Å². The molecule has 1 aromatic carbocycles. The van der Waals surface area contributed by atoms with Gasteiger partial charge in [-0.25, -0.2) is 4.79 Å². The number of carbonyl (C=O) groups is 4. The number of rotatable bonds is 12. The van der Waals surface area contributed by atoms with E-state index >= 15 is 0 Å². The van der Waals surface area contributed by atoms with Crippen molar-refractivity contribution >= 4 is 23.7 Å². The molecule has 0 saturated heterocycles. The van der Waals surface area contributed by atoms with Crippen molar-refractivity contribution in [1.29, 1.82) is 0 Å². The highest BCUT2D eigenvalue weighted by Crippen LogP contribution is 2.17. The van der Waals surface area contributed by atoms with Gasteiger partial charge in [0, 0.05) is 32.5 Å². The predicted molar refractivity (Wildman–Crippen MR) is 108 cm³/mol. The quantitative estimate of drug-likeness (QED) is 0.353. The molecule has 0 unspecified atom stereocenters. The summed E-state index contributed by atoms with van der Waals surface area (Å²) >= 11 is 0. The van der Waals surface area contributed by atoms with Crippen LogP contribution < -0.4 is 16.4 Å². The zero-order valence-corrected chi connectivity index (χ0v) is 17.1. The molecule has 0 heterocycles. The Labute approximate surface area is 170 Å². The summed E-state index contributed by atoms with van der Waals surface area (Å²) in [6, 6.07) is 9.42. The van der Waals surface area contributed by atoms with Gasteiger partial charge in [-0.05, 0) is 32.4 Å². The molecule has 0 spiro atoms. The fourth-order valence-electron chi connectivity index (χ4n) is 2.65. The van der Waals surface area contributed by atoms with Crippen LogP contribution in [0.5, 0.6) is 0 Å². The zero-order valence-electron chi connectivity index (χ0n) is 17.1. The molecule has 0 aliphatic carbocycles. The molecule has 0 bridgehead atoms. The smallest absolute Gasteiger partial charge is 0.339 e. The lowest BCUT2D eigenvalue weighted by Crippen LogP contribution is -2.61. The molecular weight excluding hydrogens is 376 g/mol. The maximum atomic E-state index is 12.8. The van der Waals surface area contributed by atoms with Crippen LogP contribution in [0.3, 0.4) is 0 Å². The number of likely N-dealkylation sites (N-methyl/N-ethyl adjacent to an activating group) is 2. The van der Waals surface area contributed by atoms with E-state index in [4.69, 9.17) is 5.73 Å². The number of benzene rings is 1. The van der Waals surface area contributed by atoms with Crippen LogP contribution >= 0.6 is 0 Å². The first-order valence-electron chi connectivity index (χ1n) is 9.39. The lowest BCUT2D eigenvalue weighted by Gasteiger charge is -2.26. The van der Waals surface area contributed by atoms with Gasteiger partial charge in [0.15, 0.2) is 0 Å². The summed E-state index contributed by atoms with van der Waals surface area (Å²) in [5.41, 5.74) is 3.91. The topological polar surface area (TPSA) is 142 Å². The van der Waals surface area contributed by atoms with Gasteiger partial charge in [0.25, 0.3) is 5.91 Å². The third-order valence-corrected chi connectivity index (χ3v) is 4.83. The Hall–Kier alpha value is -2.94. The first-order valence-corrected chi connectivity index (χ1v) is 9.39. The van der Waals surface area contributed by atoms with Crippen LogP contribution in [0.1, 0.15) is 25.3 Å². The number of aryl methyl sites for hydroxylation is 1. The average molecular weight is 406 g/mol. The Bertz CT molecular complexity index is 709. The summed E-state index contributed by atoms with van der Waals surface area (Å²) in [7, 11) is 3.40. The number of hydrogen-bond donors (Lipinski definition) is 4. The van der Waals surface area contributed by atoms with Crippen LogP contribution in [-0.2, 0) is 25.6 Å². The van der Waals surface area contributed by atoms with Crippen LogP contribution in [0.25, 0.3) is 0 Å². The van der Waals surface area contributed by atoms with E-state index in [1.807, 2.05) is 30.3 Å². The Morgan fingerprint density at radius 2 is 1.83 bits per heavy atom. The van der Waals surface area contributed by atoms with Crippen LogP contribution in [0.4, 0.5) is 0 Å². The number of carboxylic acids is 1. The van der Waals surface area contributed by atoms with E-state index in [0.717, 1.165) is 12.5 Å². The maximum Gasteiger partial charge on any atom is 0.339 e. The van der Waals surface area contributed by atoms with Gasteiger partial charge in [0.1, 0.15) is 0 Å². The highest BCUT2D eigenvalue weighted by Gasteiger charge is 2.42. The summed E-state index contributed by atoms with van der Waals surface area (Å²) in [6.45, 7) is 2.10. The van der Waals surface area contributed by atoms with Crippen molar-refractivity contribution in [3.63, 3.8) is 0 Å². The average Bonchev–Trinajstić information content (AvgIpc) is 2.69. The van der Waals surface area contributed by atoms with Gasteiger partial charge in [0.2, 0.25) is 17.4 Å². The number of primary amides is 1. The van der Waals surface area contributed by atoms with E-state index in [2.05, 4.69) is 10.6 Å². The third-order valence-electron chi connectivity index (χ3n) is 4.83. The molecule has 9 nitrogen and oxygen atoms in total. The zero-order chi connectivity index (χ0) is 22.0. The number of nitrogens with zero attached hydrogens (tertiary/aromatic N) is 1. The number of carbonyl (C=O) groups excluding carboxylic acids is 3. The van der Waals surface area contributed by atoms with Crippen molar-refractivity contribution in [1.82, 2.24) is 15.5 Å². The van der Waals surface area contributed by atoms with E-state index in [1.165, 1.54) is 4.90 Å². The number of amides is 3. The van der Waals surface area contributed by atoms with E-state index in [0.29, 0.717) is 25.9 Å². The number of nitrogens with one attached hydrogen (secondary N) is 2. The second-order valence-corrected chi connectivity index (χ2v) is 7.13. The highest BCUT2D eigenvalue weighted by molar-refractivity contribution is 6.08. The van der Waals surface area contributed by atoms with Gasteiger partial charge in [0.05, 0.1) is 0 Å². The molecule has 1 aromatic rings. The van der Waals surface area contributed by atoms with Gasteiger partial charge < -0.3 is 26.4 Å². The van der Waals surface area contributed by atoms with Gasteiger partial charge in [-0.2, -0.15) is 0 Å². The van der Waals surface area contributed by atoms with Crippen molar-refractivity contribution in [2.75, 3.05) is 27.2 Å². The number of nitrogens with two attached hydrogens (primary N) is 1. The van der Waals surface area contributed by atoms with Crippen molar-refractivity contribution in [2.24, 2.45) is 11.7 Å². The summed E-state index contributed by atoms with van der Waals surface area (Å²) in [4.78, 5) is 49.9. The Morgan fingerprint density at radius 3 is 2.34 bits per heavy atom. The van der Waals surface area contributed by atoms with Gasteiger partial charge in [-0.1, -0.05) is 30.3 Å². The van der Waals surface area contributed by atoms with E-state index in [9.17, 15) is 24.3 Å². The standard InChI is InChI=1S/C20H30N4O5/c1-20(18(21)27,19(28)29)23-17(26)15(10-9-14-7-5-4-6-8-14)13-16(25)24(3)12-11-22-2/h4-8,15,22H,9-13H2,1-3H3,(H2,21,27)(H,23,26)(H,28,29)/t15-,20-/m1/s1. The molecule has 0 aromatic heterocycles. The summed E-state index contributed by atoms with van der Waals surface area (Å²) in [5, 5.41) is 14.5. The van der Waals surface area contributed by atoms with E-state index < -0.39 is 29.2 Å². The SMILES string of the molecule is CNCCN(C)C(=O)C[C@@H](CCc1ccccc1)C(=O)N[C@](C)(C(N)=O)C(=O)O. The van der Waals surface area contributed by atoms with E-state index in [-0.39, 0.29) is 12.3 Å². The van der Waals surface area contributed by atoms with E-state index in [1.54, 1.807) is 14.1 Å². The Kier molecular flexibility index (Phi) is 9.27. The number of carboxylic acid groups (broad SMARTS) is 1. The third kappa shape index (κ3) is 7.19. The predicted octanol–water partition coefficient (Wildman–Crippen LogP) is -0.252. The monoisotopic (exact) mass is 406 g/mol. The second-order valence-electron chi connectivity index (χ2n) is 7.13. The minimum absolute atomic E-state index is 0.104. The molecule has 0 radical (unpaired) electrons. The van der Waals surface area contributed by atoms with Crippen molar-refractivity contribution in [3.05, 3.63) is 35.9 Å². The van der Waals surface area contributed by atoms with Crippen molar-refractivity contribution in [3.8, 4) is 0 Å². The molecule has 0 aliphatic rings. The van der Waals surface area contributed by atoms with Crippen molar-refractivity contribution < 1.29 is 24.3 Å². The normalized spacial score (nSPS) is 13.8. The lowest BCUT2D eigenvalue weighted by molar-refractivity contribution is -0.152. The molecule has 9 heteroatoms. The van der Waals surface area contributed by atoms with Crippen LogP contribution in [0.15, 0.2) is 30.3 Å². The molecule has 29 heavy (non-hydrogen) atoms. The molecular formula is C20H30N4O5. The summed E-state index contributed by atoms with van der Waals surface area (Å²) in [6.07, 6.45) is 0.732. The number of aliphatic carboxylic acids is 1. The summed E-state index contributed by atoms with van der Waals surface area (Å²) < 4.78 is 0. The molecule has 1 rings (SSSR count). The first-order chi connectivity index (χ1) is 13.6. The minimum Gasteiger partial charge on any atom is -0.479 e. The maximum absolute atomic E-state index is 12.8. The number of hydrogen-bond acceptors (Lipinski definition) is 5. The second kappa shape index (κ2) is 11.2. The van der Waals surface area contributed by atoms with Gasteiger partial charge in [-0.15, -0.1) is 0 Å². The fraction of sp³-hybridized carbons (Fsp3) is 0.500. The van der Waals surface area contributed by atoms with Crippen LogP contribution in [0.2, 0.25) is 0 Å². The molecule has 160 valence electrons.